The number of aliphatic carboxylic acids is 1. The van der Waals surface area contributed by atoms with Crippen LogP contribution in [0, 0.1) is 11.6 Å². The molecule has 0 heterocycles. The van der Waals surface area contributed by atoms with Crippen molar-refractivity contribution >= 4 is 22.7 Å². The summed E-state index contributed by atoms with van der Waals surface area (Å²) in [6.45, 7) is 0. The third-order valence-electron chi connectivity index (χ3n) is 3.58. The molecule has 2 aromatic carbocycles. The number of carboxylic acid groups (broad SMARTS) is 1. The average Bonchev–Trinajstić information content (AvgIpc) is 2.62. The van der Waals surface area contributed by atoms with Gasteiger partial charge in [-0.25, -0.2) is 13.6 Å². The molecule has 0 bridgehead atoms. The van der Waals surface area contributed by atoms with Crippen molar-refractivity contribution in [2.75, 3.05) is 5.75 Å². The fraction of sp³-hybridized carbons (Fsp3) is 0.222. The molecule has 5 nitrogen and oxygen atoms in total. The molecule has 0 aliphatic carbocycles. The van der Waals surface area contributed by atoms with Gasteiger partial charge in [-0.05, 0) is 36.2 Å². The summed E-state index contributed by atoms with van der Waals surface area (Å²) in [4.78, 5) is 23.9. The molecular weight excluding hydrogens is 364 g/mol. The van der Waals surface area contributed by atoms with Crippen molar-refractivity contribution in [3.8, 4) is 0 Å². The number of nitrogens with one attached hydrogen (secondary N) is 1. The van der Waals surface area contributed by atoms with E-state index in [1.807, 2.05) is 0 Å². The molecule has 0 saturated carbocycles. The lowest BCUT2D eigenvalue weighted by Crippen LogP contribution is -2.42. The van der Waals surface area contributed by atoms with Gasteiger partial charge in [-0.1, -0.05) is 24.3 Å². The van der Waals surface area contributed by atoms with Crippen molar-refractivity contribution in [2.45, 2.75) is 23.8 Å². The summed E-state index contributed by atoms with van der Waals surface area (Å²) in [7, 11) is -1.38. The highest BCUT2D eigenvalue weighted by Gasteiger charge is 2.21. The number of carboxylic acids is 1. The first-order valence-corrected chi connectivity index (χ1v) is 9.08. The summed E-state index contributed by atoms with van der Waals surface area (Å²) in [5.41, 5.74) is 0.221. The molecule has 0 aliphatic rings. The molecule has 0 radical (unpaired) electrons. The van der Waals surface area contributed by atoms with Crippen molar-refractivity contribution < 1.29 is 27.7 Å². The average molecular weight is 381 g/mol. The van der Waals surface area contributed by atoms with E-state index in [4.69, 9.17) is 0 Å². The maximum Gasteiger partial charge on any atom is 0.326 e. The third-order valence-corrected chi connectivity index (χ3v) is 4.98. The Labute approximate surface area is 151 Å². The summed E-state index contributed by atoms with van der Waals surface area (Å²) >= 11 is 0. The monoisotopic (exact) mass is 381 g/mol. The number of carbonyl (C=O) groups is 2. The van der Waals surface area contributed by atoms with E-state index < -0.39 is 40.4 Å². The maximum atomic E-state index is 13.2. The molecule has 0 unspecified atom stereocenters. The van der Waals surface area contributed by atoms with Crippen LogP contribution < -0.4 is 5.32 Å². The van der Waals surface area contributed by atoms with Crippen LogP contribution in [-0.2, 0) is 26.8 Å². The molecule has 8 heteroatoms. The highest BCUT2D eigenvalue weighted by molar-refractivity contribution is 7.85. The van der Waals surface area contributed by atoms with Gasteiger partial charge >= 0.3 is 5.97 Å². The Morgan fingerprint density at radius 1 is 1.08 bits per heavy atom. The Morgan fingerprint density at radius 3 is 2.38 bits per heavy atom. The van der Waals surface area contributed by atoms with Gasteiger partial charge < -0.3 is 10.4 Å². The van der Waals surface area contributed by atoms with E-state index in [0.717, 1.165) is 12.1 Å². The topological polar surface area (TPSA) is 83.5 Å². The fourth-order valence-corrected chi connectivity index (χ4v) is 3.40. The van der Waals surface area contributed by atoms with E-state index in [0.29, 0.717) is 4.90 Å². The van der Waals surface area contributed by atoms with E-state index >= 15 is 0 Å². The van der Waals surface area contributed by atoms with Crippen molar-refractivity contribution in [1.82, 2.24) is 5.32 Å². The van der Waals surface area contributed by atoms with Gasteiger partial charge in [0.2, 0.25) is 5.91 Å². The van der Waals surface area contributed by atoms with Gasteiger partial charge in [0, 0.05) is 10.6 Å². The van der Waals surface area contributed by atoms with Crippen LogP contribution in [0.4, 0.5) is 8.78 Å². The van der Waals surface area contributed by atoms with Gasteiger partial charge in [-0.3, -0.25) is 9.00 Å². The molecule has 0 saturated heterocycles. The normalized spacial score (nSPS) is 13.0. The number of hydrogen-bond donors (Lipinski definition) is 2. The number of carbonyl (C=O) groups excluding carboxylic acids is 1. The Morgan fingerprint density at radius 2 is 1.77 bits per heavy atom. The number of amides is 1. The third kappa shape index (κ3) is 5.73. The summed E-state index contributed by atoms with van der Waals surface area (Å²) in [5, 5.41) is 11.5. The van der Waals surface area contributed by atoms with Crippen LogP contribution in [0.1, 0.15) is 12.0 Å². The number of benzene rings is 2. The van der Waals surface area contributed by atoms with Crippen LogP contribution in [0.3, 0.4) is 0 Å². The minimum atomic E-state index is -1.38. The van der Waals surface area contributed by atoms with Gasteiger partial charge in [0.1, 0.15) is 6.04 Å². The predicted octanol–water partition coefficient (Wildman–Crippen LogP) is 2.27. The van der Waals surface area contributed by atoms with Crippen LogP contribution in [0.5, 0.6) is 0 Å². The van der Waals surface area contributed by atoms with Crippen LogP contribution in [-0.4, -0.2) is 33.0 Å². The highest BCUT2D eigenvalue weighted by Crippen LogP contribution is 2.10. The van der Waals surface area contributed by atoms with Crippen molar-refractivity contribution in [3.05, 3.63) is 65.7 Å². The Bertz CT molecular complexity index is 814. The number of rotatable bonds is 8. The molecule has 2 N–H and O–H groups in total. The van der Waals surface area contributed by atoms with Gasteiger partial charge in [0.15, 0.2) is 11.6 Å². The quantitative estimate of drug-likeness (QED) is 0.735. The van der Waals surface area contributed by atoms with Crippen molar-refractivity contribution in [1.29, 1.82) is 0 Å². The molecule has 1 amide bonds. The lowest BCUT2D eigenvalue weighted by molar-refractivity contribution is -0.141. The van der Waals surface area contributed by atoms with Crippen LogP contribution >= 0.6 is 0 Å². The van der Waals surface area contributed by atoms with E-state index in [1.54, 1.807) is 30.3 Å². The molecule has 26 heavy (non-hydrogen) atoms. The predicted molar refractivity (Wildman–Crippen MR) is 92.0 cm³/mol. The molecule has 2 rings (SSSR count). The minimum absolute atomic E-state index is 0.0274. The first kappa shape index (κ1) is 19.7. The van der Waals surface area contributed by atoms with Gasteiger partial charge in [0.05, 0.1) is 17.2 Å². The van der Waals surface area contributed by atoms with Gasteiger partial charge in [-0.15, -0.1) is 0 Å². The fourth-order valence-electron chi connectivity index (χ4n) is 2.25. The summed E-state index contributed by atoms with van der Waals surface area (Å²) in [6, 6.07) is 10.4. The summed E-state index contributed by atoms with van der Waals surface area (Å²) in [6.07, 6.45) is -0.316. The van der Waals surface area contributed by atoms with E-state index in [-0.39, 0.29) is 24.2 Å². The molecule has 0 aliphatic heterocycles. The molecular formula is C18H17F2NO4S. The number of halogens is 2. The second kappa shape index (κ2) is 9.19. The standard InChI is InChI=1S/C18H17F2NO4S/c19-14-7-6-12(10-15(14)20)11-17(22)21-16(18(23)24)8-9-26(25)13-4-2-1-3-5-13/h1-7,10,16H,8-9,11H2,(H,21,22)(H,23,24)/t16-,26+/m1/s1. The Balaban J connectivity index is 1.92. The van der Waals surface area contributed by atoms with E-state index in [1.165, 1.54) is 6.07 Å². The van der Waals surface area contributed by atoms with E-state index in [2.05, 4.69) is 5.32 Å². The second-order valence-electron chi connectivity index (χ2n) is 5.53. The largest absolute Gasteiger partial charge is 0.480 e. The first-order valence-electron chi connectivity index (χ1n) is 7.76. The molecule has 0 fully saturated rings. The number of hydrogen-bond acceptors (Lipinski definition) is 3. The molecule has 2 atom stereocenters. The Hall–Kier alpha value is -2.61. The van der Waals surface area contributed by atoms with Gasteiger partial charge in [0.25, 0.3) is 0 Å². The Kier molecular flexibility index (Phi) is 6.97. The molecule has 2 aromatic rings. The zero-order valence-corrected chi connectivity index (χ0v) is 14.5. The van der Waals surface area contributed by atoms with Crippen molar-refractivity contribution in [2.24, 2.45) is 0 Å². The van der Waals surface area contributed by atoms with E-state index in [9.17, 15) is 27.7 Å². The van der Waals surface area contributed by atoms with Crippen LogP contribution in [0.2, 0.25) is 0 Å². The summed E-state index contributed by atoms with van der Waals surface area (Å²) < 4.78 is 38.2. The highest BCUT2D eigenvalue weighted by atomic mass is 32.2. The lowest BCUT2D eigenvalue weighted by atomic mass is 10.1. The molecule has 0 spiro atoms. The maximum absolute atomic E-state index is 13.2. The SMILES string of the molecule is O=C(Cc1ccc(F)c(F)c1)N[C@H](CC[S@](=O)c1ccccc1)C(=O)O. The lowest BCUT2D eigenvalue weighted by Gasteiger charge is -2.14. The van der Waals surface area contributed by atoms with Gasteiger partial charge in [-0.2, -0.15) is 0 Å². The molecule has 138 valence electrons. The molecule has 0 aromatic heterocycles. The van der Waals surface area contributed by atoms with Crippen LogP contribution in [0.25, 0.3) is 0 Å². The zero-order chi connectivity index (χ0) is 19.1. The first-order chi connectivity index (χ1) is 12.4. The second-order valence-corrected chi connectivity index (χ2v) is 7.11. The minimum Gasteiger partial charge on any atom is -0.480 e. The smallest absolute Gasteiger partial charge is 0.326 e. The zero-order valence-electron chi connectivity index (χ0n) is 13.7. The summed E-state index contributed by atoms with van der Waals surface area (Å²) in [5.74, 6) is -3.95. The van der Waals surface area contributed by atoms with Crippen molar-refractivity contribution in [3.63, 3.8) is 0 Å². The van der Waals surface area contributed by atoms with Crippen LogP contribution in [0.15, 0.2) is 53.4 Å².